The Bertz CT molecular complexity index is 518. The van der Waals surface area contributed by atoms with Crippen molar-refractivity contribution >= 4 is 35.0 Å². The number of hydrogen-bond acceptors (Lipinski definition) is 5. The number of carbonyl (C=O) groups excluding carboxylic acids is 2. The number of hydrogen-bond donors (Lipinski definition) is 3. The van der Waals surface area contributed by atoms with E-state index in [0.29, 0.717) is 18.0 Å². The van der Waals surface area contributed by atoms with Crippen LogP contribution in [0.4, 0.5) is 11.4 Å². The SMILES string of the molecule is COC(CN)CC(=O)Nc1ccc2c(c1)NC(=O)CS2. The lowest BCUT2D eigenvalue weighted by Crippen LogP contribution is -2.28. The Morgan fingerprint density at radius 2 is 2.40 bits per heavy atom. The van der Waals surface area contributed by atoms with Crippen LogP contribution in [0.2, 0.25) is 0 Å². The van der Waals surface area contributed by atoms with Crippen molar-refractivity contribution in [2.24, 2.45) is 5.73 Å². The van der Waals surface area contributed by atoms with E-state index in [2.05, 4.69) is 10.6 Å². The fourth-order valence-corrected chi connectivity index (χ4v) is 2.63. The largest absolute Gasteiger partial charge is 0.380 e. The fraction of sp³-hybridized carbons (Fsp3) is 0.385. The lowest BCUT2D eigenvalue weighted by atomic mass is 10.2. The van der Waals surface area contributed by atoms with Crippen molar-refractivity contribution in [2.75, 3.05) is 30.0 Å². The third-order valence-electron chi connectivity index (χ3n) is 2.91. The second-order valence-electron chi connectivity index (χ2n) is 4.39. The molecule has 1 aliphatic heterocycles. The highest BCUT2D eigenvalue weighted by atomic mass is 32.2. The summed E-state index contributed by atoms with van der Waals surface area (Å²) in [5, 5.41) is 5.55. The van der Waals surface area contributed by atoms with Crippen LogP contribution in [-0.2, 0) is 14.3 Å². The molecule has 0 radical (unpaired) electrons. The summed E-state index contributed by atoms with van der Waals surface area (Å²) in [6.45, 7) is 0.292. The number of nitrogens with two attached hydrogens (primary N) is 1. The minimum atomic E-state index is -0.289. The first kappa shape index (κ1) is 14.8. The fourth-order valence-electron chi connectivity index (χ4n) is 1.84. The lowest BCUT2D eigenvalue weighted by Gasteiger charge is -2.18. The number of methoxy groups -OCH3 is 1. The highest BCUT2D eigenvalue weighted by Gasteiger charge is 2.16. The van der Waals surface area contributed by atoms with Gasteiger partial charge >= 0.3 is 0 Å². The van der Waals surface area contributed by atoms with Gasteiger partial charge in [-0.05, 0) is 18.2 Å². The van der Waals surface area contributed by atoms with Gasteiger partial charge in [-0.1, -0.05) is 0 Å². The first-order valence-corrected chi connectivity index (χ1v) is 7.20. The molecular weight excluding hydrogens is 278 g/mol. The third-order valence-corrected chi connectivity index (χ3v) is 3.98. The van der Waals surface area contributed by atoms with Crippen LogP contribution >= 0.6 is 11.8 Å². The summed E-state index contributed by atoms with van der Waals surface area (Å²) in [4.78, 5) is 24.2. The molecule has 1 heterocycles. The van der Waals surface area contributed by atoms with Gasteiger partial charge in [0.05, 0.1) is 24.0 Å². The van der Waals surface area contributed by atoms with Crippen molar-refractivity contribution in [1.82, 2.24) is 0 Å². The molecule has 0 aliphatic carbocycles. The van der Waals surface area contributed by atoms with Gasteiger partial charge in [0.15, 0.2) is 0 Å². The van der Waals surface area contributed by atoms with Crippen LogP contribution in [0.3, 0.4) is 0 Å². The molecule has 1 aromatic rings. The van der Waals surface area contributed by atoms with Crippen LogP contribution in [-0.4, -0.2) is 37.3 Å². The molecule has 0 bridgehead atoms. The standard InChI is InChI=1S/C13H17N3O3S/c1-19-9(6-14)5-12(17)15-8-2-3-11-10(4-8)16-13(18)7-20-11/h2-4,9H,5-7,14H2,1H3,(H,15,17)(H,16,18). The Hall–Kier alpha value is -1.57. The van der Waals surface area contributed by atoms with Gasteiger partial charge in [-0.15, -0.1) is 11.8 Å². The highest BCUT2D eigenvalue weighted by Crippen LogP contribution is 2.33. The van der Waals surface area contributed by atoms with Crippen LogP contribution in [0.15, 0.2) is 23.1 Å². The van der Waals surface area contributed by atoms with Crippen LogP contribution in [0.25, 0.3) is 0 Å². The van der Waals surface area contributed by atoms with Gasteiger partial charge in [0.25, 0.3) is 0 Å². The quantitative estimate of drug-likeness (QED) is 0.754. The predicted octanol–water partition coefficient (Wildman–Crippen LogP) is 1.03. The summed E-state index contributed by atoms with van der Waals surface area (Å²) in [6.07, 6.45) is -0.0894. The molecule has 1 unspecified atom stereocenters. The number of carbonyl (C=O) groups is 2. The van der Waals surface area contributed by atoms with Gasteiger partial charge < -0.3 is 21.1 Å². The van der Waals surface area contributed by atoms with Crippen molar-refractivity contribution < 1.29 is 14.3 Å². The Labute approximate surface area is 121 Å². The molecular formula is C13H17N3O3S. The first-order valence-electron chi connectivity index (χ1n) is 6.21. The van der Waals surface area contributed by atoms with Crippen LogP contribution in [0, 0.1) is 0 Å². The van der Waals surface area contributed by atoms with Crippen LogP contribution < -0.4 is 16.4 Å². The number of ether oxygens (including phenoxy) is 1. The minimum Gasteiger partial charge on any atom is -0.380 e. The third kappa shape index (κ3) is 3.72. The Kier molecular flexibility index (Phi) is 4.99. The number of rotatable bonds is 5. The number of amides is 2. The molecule has 0 fully saturated rings. The van der Waals surface area contributed by atoms with Gasteiger partial charge in [-0.25, -0.2) is 0 Å². The van der Waals surface area contributed by atoms with Gasteiger partial charge in [0, 0.05) is 24.2 Å². The number of benzene rings is 1. The van der Waals surface area contributed by atoms with Crippen molar-refractivity contribution in [2.45, 2.75) is 17.4 Å². The average molecular weight is 295 g/mol. The average Bonchev–Trinajstić information content (AvgIpc) is 2.44. The zero-order valence-electron chi connectivity index (χ0n) is 11.1. The monoisotopic (exact) mass is 295 g/mol. The Morgan fingerprint density at radius 3 is 3.10 bits per heavy atom. The molecule has 2 amide bonds. The van der Waals surface area contributed by atoms with Crippen LogP contribution in [0.1, 0.15) is 6.42 Å². The molecule has 1 aliphatic rings. The van der Waals surface area contributed by atoms with E-state index in [-0.39, 0.29) is 24.3 Å². The molecule has 0 aromatic heterocycles. The van der Waals surface area contributed by atoms with Gasteiger partial charge in [-0.2, -0.15) is 0 Å². The molecule has 1 aromatic carbocycles. The van der Waals surface area contributed by atoms with E-state index in [1.165, 1.54) is 18.9 Å². The summed E-state index contributed by atoms with van der Waals surface area (Å²) in [6, 6.07) is 5.44. The normalized spacial score (nSPS) is 15.2. The van der Waals surface area contributed by atoms with E-state index in [1.54, 1.807) is 6.07 Å². The van der Waals surface area contributed by atoms with E-state index in [1.807, 2.05) is 12.1 Å². The maximum atomic E-state index is 11.8. The van der Waals surface area contributed by atoms with Crippen molar-refractivity contribution in [1.29, 1.82) is 0 Å². The number of anilines is 2. The zero-order chi connectivity index (χ0) is 14.5. The molecule has 108 valence electrons. The highest BCUT2D eigenvalue weighted by molar-refractivity contribution is 8.00. The van der Waals surface area contributed by atoms with E-state index in [0.717, 1.165) is 10.6 Å². The molecule has 4 N–H and O–H groups in total. The summed E-state index contributed by atoms with van der Waals surface area (Å²) < 4.78 is 5.07. The molecule has 20 heavy (non-hydrogen) atoms. The summed E-state index contributed by atoms with van der Waals surface area (Å²) in [5.41, 5.74) is 6.85. The topological polar surface area (TPSA) is 93.4 Å². The van der Waals surface area contributed by atoms with E-state index < -0.39 is 0 Å². The number of nitrogens with one attached hydrogen (secondary N) is 2. The second kappa shape index (κ2) is 6.74. The maximum absolute atomic E-state index is 11.8. The smallest absolute Gasteiger partial charge is 0.234 e. The maximum Gasteiger partial charge on any atom is 0.234 e. The summed E-state index contributed by atoms with van der Waals surface area (Å²) in [5.74, 6) is 0.218. The minimum absolute atomic E-state index is 0.0337. The summed E-state index contributed by atoms with van der Waals surface area (Å²) in [7, 11) is 1.52. The van der Waals surface area contributed by atoms with Gasteiger partial charge in [0.1, 0.15) is 0 Å². The van der Waals surface area contributed by atoms with Crippen molar-refractivity contribution in [3.8, 4) is 0 Å². The van der Waals surface area contributed by atoms with E-state index in [4.69, 9.17) is 10.5 Å². The molecule has 0 saturated carbocycles. The molecule has 0 spiro atoms. The van der Waals surface area contributed by atoms with Crippen molar-refractivity contribution in [3.63, 3.8) is 0 Å². The summed E-state index contributed by atoms with van der Waals surface area (Å²) >= 11 is 1.48. The molecule has 7 heteroatoms. The molecule has 0 saturated heterocycles. The van der Waals surface area contributed by atoms with E-state index in [9.17, 15) is 9.59 Å². The first-order chi connectivity index (χ1) is 9.62. The number of thioether (sulfide) groups is 1. The predicted molar refractivity (Wildman–Crippen MR) is 78.9 cm³/mol. The Morgan fingerprint density at radius 1 is 1.60 bits per heavy atom. The van der Waals surface area contributed by atoms with Gasteiger partial charge in [0.2, 0.25) is 11.8 Å². The number of fused-ring (bicyclic) bond motifs is 1. The second-order valence-corrected chi connectivity index (χ2v) is 5.41. The van der Waals surface area contributed by atoms with E-state index >= 15 is 0 Å². The zero-order valence-corrected chi connectivity index (χ0v) is 12.0. The van der Waals surface area contributed by atoms with Gasteiger partial charge in [-0.3, -0.25) is 9.59 Å². The lowest BCUT2D eigenvalue weighted by molar-refractivity contribution is -0.118. The molecule has 2 rings (SSSR count). The molecule has 6 nitrogen and oxygen atoms in total. The van der Waals surface area contributed by atoms with Crippen LogP contribution in [0.5, 0.6) is 0 Å². The van der Waals surface area contributed by atoms with Crippen molar-refractivity contribution in [3.05, 3.63) is 18.2 Å². The Balaban J connectivity index is 2.01. The molecule has 1 atom stereocenters.